The van der Waals surface area contributed by atoms with Gasteiger partial charge >= 0.3 is 6.92 Å². The van der Waals surface area contributed by atoms with E-state index in [1.807, 2.05) is 0 Å². The number of hydrogen-bond acceptors (Lipinski definition) is 1. The molecule has 1 unspecified atom stereocenters. The van der Waals surface area contributed by atoms with Crippen LogP contribution in [0.25, 0.3) is 0 Å². The molecular weight excluding hydrogens is 231 g/mol. The lowest BCUT2D eigenvalue weighted by Crippen LogP contribution is -2.62. The maximum Gasteiger partial charge on any atom is 0.335 e. The first-order chi connectivity index (χ1) is 8.65. The molecule has 1 aliphatic rings. The second-order valence-electron chi connectivity index (χ2n) is 7.18. The van der Waals surface area contributed by atoms with Crippen molar-refractivity contribution in [3.8, 4) is 0 Å². The molecule has 1 atom stereocenters. The zero-order valence-electron chi connectivity index (χ0n) is 14.0. The SMILES string of the molecule is C=C(/C=C(\CC)CC(C)CC)B1OC(C)(C)C1(C)C. The van der Waals surface area contributed by atoms with Crippen LogP contribution in [-0.2, 0) is 4.65 Å². The molecule has 1 aliphatic heterocycles. The topological polar surface area (TPSA) is 9.23 Å². The molecule has 2 heteroatoms. The van der Waals surface area contributed by atoms with E-state index in [4.69, 9.17) is 4.65 Å². The Hall–Kier alpha value is -0.495. The van der Waals surface area contributed by atoms with Crippen molar-refractivity contribution in [2.24, 2.45) is 5.92 Å². The maximum absolute atomic E-state index is 6.04. The highest BCUT2D eigenvalue weighted by molar-refractivity contribution is 6.67. The predicted molar refractivity (Wildman–Crippen MR) is 86.5 cm³/mol. The molecule has 0 bridgehead atoms. The van der Waals surface area contributed by atoms with Crippen LogP contribution in [0.3, 0.4) is 0 Å². The Balaban J connectivity index is 2.74. The van der Waals surface area contributed by atoms with Crippen LogP contribution in [0.15, 0.2) is 23.7 Å². The van der Waals surface area contributed by atoms with Crippen molar-refractivity contribution in [1.29, 1.82) is 0 Å². The fraction of sp³-hybridized carbons (Fsp3) is 0.765. The van der Waals surface area contributed by atoms with E-state index < -0.39 is 0 Å². The van der Waals surface area contributed by atoms with Crippen molar-refractivity contribution in [3.63, 3.8) is 0 Å². The fourth-order valence-corrected chi connectivity index (χ4v) is 2.63. The van der Waals surface area contributed by atoms with Gasteiger partial charge in [-0.05, 0) is 32.6 Å². The lowest BCUT2D eigenvalue weighted by Gasteiger charge is -2.57. The average Bonchev–Trinajstić information content (AvgIpc) is 2.34. The number of hydrogen-bond donors (Lipinski definition) is 0. The Morgan fingerprint density at radius 1 is 1.26 bits per heavy atom. The molecule has 1 rings (SSSR count). The Labute approximate surface area is 120 Å². The van der Waals surface area contributed by atoms with Crippen LogP contribution in [-0.4, -0.2) is 12.5 Å². The van der Waals surface area contributed by atoms with Gasteiger partial charge in [0.2, 0.25) is 0 Å². The second kappa shape index (κ2) is 5.87. The monoisotopic (exact) mass is 262 g/mol. The summed E-state index contributed by atoms with van der Waals surface area (Å²) < 4.78 is 6.04. The Morgan fingerprint density at radius 3 is 2.21 bits per heavy atom. The van der Waals surface area contributed by atoms with Crippen LogP contribution >= 0.6 is 0 Å². The minimum absolute atomic E-state index is 0.0441. The molecule has 1 saturated heterocycles. The van der Waals surface area contributed by atoms with Gasteiger partial charge in [-0.25, -0.2) is 0 Å². The van der Waals surface area contributed by atoms with Gasteiger partial charge in [-0.15, -0.1) is 6.58 Å². The van der Waals surface area contributed by atoms with E-state index in [1.54, 1.807) is 0 Å². The van der Waals surface area contributed by atoms with E-state index in [0.29, 0.717) is 0 Å². The molecule has 0 radical (unpaired) electrons. The second-order valence-corrected chi connectivity index (χ2v) is 7.18. The molecule has 19 heavy (non-hydrogen) atoms. The summed E-state index contributed by atoms with van der Waals surface area (Å²) in [6.45, 7) is 20.1. The molecule has 0 spiro atoms. The Morgan fingerprint density at radius 2 is 1.84 bits per heavy atom. The van der Waals surface area contributed by atoms with E-state index in [1.165, 1.54) is 18.4 Å². The van der Waals surface area contributed by atoms with E-state index in [0.717, 1.165) is 17.8 Å². The fourth-order valence-electron chi connectivity index (χ4n) is 2.63. The molecule has 1 heterocycles. The Bertz CT molecular complexity index is 365. The maximum atomic E-state index is 6.04. The van der Waals surface area contributed by atoms with Crippen LogP contribution in [0.2, 0.25) is 5.31 Å². The van der Waals surface area contributed by atoms with E-state index in [2.05, 4.69) is 61.1 Å². The third kappa shape index (κ3) is 3.34. The molecule has 1 nitrogen and oxygen atoms in total. The van der Waals surface area contributed by atoms with Crippen LogP contribution in [0.4, 0.5) is 0 Å². The van der Waals surface area contributed by atoms with Crippen molar-refractivity contribution < 1.29 is 4.65 Å². The van der Waals surface area contributed by atoms with Gasteiger partial charge in [-0.2, -0.15) is 0 Å². The van der Waals surface area contributed by atoms with Crippen LogP contribution in [0, 0.1) is 5.92 Å². The quantitative estimate of drug-likeness (QED) is 0.457. The van der Waals surface area contributed by atoms with Crippen LogP contribution < -0.4 is 0 Å². The molecule has 0 aromatic rings. The minimum atomic E-state index is -0.0441. The Kier molecular flexibility index (Phi) is 5.11. The summed E-state index contributed by atoms with van der Waals surface area (Å²) in [7, 11) is 0. The summed E-state index contributed by atoms with van der Waals surface area (Å²) in [4.78, 5) is 0. The normalized spacial score (nSPS) is 22.9. The lowest BCUT2D eigenvalue weighted by molar-refractivity contribution is -0.0111. The molecule has 0 saturated carbocycles. The molecular formula is C17H31BO. The third-order valence-electron chi connectivity index (χ3n) is 5.11. The van der Waals surface area contributed by atoms with E-state index in [9.17, 15) is 0 Å². The van der Waals surface area contributed by atoms with E-state index >= 15 is 0 Å². The highest BCUT2D eigenvalue weighted by atomic mass is 16.5. The van der Waals surface area contributed by atoms with Crippen molar-refractivity contribution >= 4 is 6.92 Å². The zero-order valence-corrected chi connectivity index (χ0v) is 14.0. The van der Waals surface area contributed by atoms with Gasteiger partial charge < -0.3 is 4.65 Å². The van der Waals surface area contributed by atoms with Gasteiger partial charge in [-0.3, -0.25) is 0 Å². The van der Waals surface area contributed by atoms with Gasteiger partial charge in [0.15, 0.2) is 0 Å². The molecule has 0 aromatic heterocycles. The van der Waals surface area contributed by atoms with E-state index in [-0.39, 0.29) is 17.8 Å². The van der Waals surface area contributed by atoms with Crippen molar-refractivity contribution in [2.45, 2.75) is 78.6 Å². The molecule has 0 aliphatic carbocycles. The van der Waals surface area contributed by atoms with Gasteiger partial charge in [0.1, 0.15) is 0 Å². The highest BCUT2D eigenvalue weighted by Gasteiger charge is 2.59. The zero-order chi connectivity index (χ0) is 14.8. The summed E-state index contributed by atoms with van der Waals surface area (Å²) in [5, 5.41) is 0.163. The summed E-state index contributed by atoms with van der Waals surface area (Å²) in [6, 6.07) is 0. The summed E-state index contributed by atoms with van der Waals surface area (Å²) in [5.74, 6) is 0.755. The first-order valence-corrected chi connectivity index (χ1v) is 7.71. The number of rotatable bonds is 6. The van der Waals surface area contributed by atoms with Gasteiger partial charge in [0.05, 0.1) is 0 Å². The first-order valence-electron chi connectivity index (χ1n) is 7.71. The van der Waals surface area contributed by atoms with Crippen molar-refractivity contribution in [1.82, 2.24) is 0 Å². The summed E-state index contributed by atoms with van der Waals surface area (Å²) in [6.07, 6.45) is 5.82. The standard InChI is InChI=1S/C17H31BO/c1-9-13(3)11-15(10-2)12-14(4)18-16(5,6)17(7,8)19-18/h12-13H,4,9-11H2,1-3,5-8H3/b15-12+. The average molecular weight is 262 g/mol. The molecule has 0 N–H and O–H groups in total. The van der Waals surface area contributed by atoms with Crippen molar-refractivity contribution in [2.75, 3.05) is 0 Å². The van der Waals surface area contributed by atoms with Gasteiger partial charge in [0, 0.05) is 10.9 Å². The smallest absolute Gasteiger partial charge is 0.335 e. The van der Waals surface area contributed by atoms with Crippen molar-refractivity contribution in [3.05, 3.63) is 23.7 Å². The molecule has 1 fully saturated rings. The largest absolute Gasteiger partial charge is 0.425 e. The third-order valence-corrected chi connectivity index (χ3v) is 5.11. The van der Waals surface area contributed by atoms with Crippen LogP contribution in [0.1, 0.15) is 67.7 Å². The van der Waals surface area contributed by atoms with Gasteiger partial charge in [-0.1, -0.05) is 58.2 Å². The van der Waals surface area contributed by atoms with Crippen LogP contribution in [0.5, 0.6) is 0 Å². The summed E-state index contributed by atoms with van der Waals surface area (Å²) >= 11 is 0. The summed E-state index contributed by atoms with van der Waals surface area (Å²) in [5.41, 5.74) is 2.60. The molecule has 108 valence electrons. The molecule has 0 amide bonds. The minimum Gasteiger partial charge on any atom is -0.425 e. The van der Waals surface area contributed by atoms with Gasteiger partial charge in [0.25, 0.3) is 0 Å². The predicted octanol–water partition coefficient (Wildman–Crippen LogP) is 5.43. The first kappa shape index (κ1) is 16.6. The highest BCUT2D eigenvalue weighted by Crippen LogP contribution is 2.55. The number of allylic oxidation sites excluding steroid dienone is 3. The lowest BCUT2D eigenvalue weighted by atomic mass is 9.32. The molecule has 0 aromatic carbocycles.